The Morgan fingerprint density at radius 1 is 1.20 bits per heavy atom. The second-order valence-corrected chi connectivity index (χ2v) is 5.56. The minimum absolute atomic E-state index is 0.0495. The number of benzene rings is 2. The first-order valence-corrected chi connectivity index (χ1v) is 7.42. The smallest absolute Gasteiger partial charge is 0.337 e. The van der Waals surface area contributed by atoms with Crippen LogP contribution in [0.25, 0.3) is 6.08 Å². The van der Waals surface area contributed by atoms with Crippen molar-refractivity contribution >= 4 is 40.9 Å². The van der Waals surface area contributed by atoms with E-state index in [1.807, 2.05) is 0 Å². The maximum Gasteiger partial charge on any atom is 0.337 e. The van der Waals surface area contributed by atoms with E-state index in [9.17, 15) is 19.7 Å². The number of nitrogens with one attached hydrogen (secondary N) is 1. The number of hydrogen-bond donors (Lipinski definition) is 2. The number of amides is 1. The van der Waals surface area contributed by atoms with Gasteiger partial charge in [0.25, 0.3) is 11.6 Å². The summed E-state index contributed by atoms with van der Waals surface area (Å²) in [5, 5.41) is 22.6. The van der Waals surface area contributed by atoms with E-state index < -0.39 is 16.8 Å². The van der Waals surface area contributed by atoms with E-state index in [2.05, 4.69) is 5.32 Å². The number of halogens is 1. The Kier molecular flexibility index (Phi) is 5.51. The van der Waals surface area contributed by atoms with Gasteiger partial charge in [0.1, 0.15) is 0 Å². The molecule has 0 aliphatic carbocycles. The summed E-state index contributed by atoms with van der Waals surface area (Å²) in [6, 6.07) is 9.81. The van der Waals surface area contributed by atoms with Crippen molar-refractivity contribution in [1.29, 1.82) is 0 Å². The van der Waals surface area contributed by atoms with Crippen LogP contribution in [-0.2, 0) is 4.79 Å². The molecule has 0 aromatic heterocycles. The molecule has 0 unspecified atom stereocenters. The van der Waals surface area contributed by atoms with Crippen molar-refractivity contribution < 1.29 is 19.6 Å². The molecule has 2 aromatic carbocycles. The predicted octanol–water partition coefficient (Wildman–Crippen LogP) is 3.99. The molecular weight excluding hydrogens is 348 g/mol. The summed E-state index contributed by atoms with van der Waals surface area (Å²) in [5.41, 5.74) is 0.863. The first kappa shape index (κ1) is 18.2. The van der Waals surface area contributed by atoms with Crippen LogP contribution >= 0.6 is 11.6 Å². The Hall–Kier alpha value is -3.19. The molecule has 0 atom stereocenters. The first-order chi connectivity index (χ1) is 11.8. The molecule has 0 radical (unpaired) electrons. The molecule has 8 heteroatoms. The monoisotopic (exact) mass is 360 g/mol. The molecule has 0 aliphatic rings. The third kappa shape index (κ3) is 4.65. The Balaban J connectivity index is 2.20. The minimum atomic E-state index is -1.21. The number of rotatable bonds is 5. The van der Waals surface area contributed by atoms with Crippen molar-refractivity contribution in [1.82, 2.24) is 0 Å². The van der Waals surface area contributed by atoms with E-state index in [1.54, 1.807) is 6.92 Å². The molecule has 0 saturated carbocycles. The Morgan fingerprint density at radius 3 is 2.40 bits per heavy atom. The molecule has 7 nitrogen and oxygen atoms in total. The van der Waals surface area contributed by atoms with Gasteiger partial charge < -0.3 is 10.4 Å². The SMILES string of the molecule is C/C(=C\c1ccc([N+](=O)[O-])cc1)C(=O)Nc1ccc(Cl)cc1C(=O)O. The van der Waals surface area contributed by atoms with E-state index in [1.165, 1.54) is 48.5 Å². The molecule has 0 bridgehead atoms. The maximum absolute atomic E-state index is 12.2. The summed E-state index contributed by atoms with van der Waals surface area (Å²) in [4.78, 5) is 33.6. The molecule has 128 valence electrons. The number of nitro groups is 1. The minimum Gasteiger partial charge on any atom is -0.478 e. The van der Waals surface area contributed by atoms with Crippen LogP contribution < -0.4 is 5.32 Å². The molecule has 1 amide bonds. The summed E-state index contributed by atoms with van der Waals surface area (Å²) >= 11 is 5.77. The highest BCUT2D eigenvalue weighted by atomic mass is 35.5. The number of carbonyl (C=O) groups is 2. The second kappa shape index (κ2) is 7.59. The normalized spacial score (nSPS) is 11.0. The van der Waals surface area contributed by atoms with Gasteiger partial charge >= 0.3 is 5.97 Å². The van der Waals surface area contributed by atoms with E-state index >= 15 is 0 Å². The zero-order valence-electron chi connectivity index (χ0n) is 13.0. The van der Waals surface area contributed by atoms with Crippen molar-refractivity contribution in [2.24, 2.45) is 0 Å². The van der Waals surface area contributed by atoms with Gasteiger partial charge in [-0.15, -0.1) is 0 Å². The van der Waals surface area contributed by atoms with Crippen LogP contribution in [-0.4, -0.2) is 21.9 Å². The third-order valence-electron chi connectivity index (χ3n) is 3.31. The number of non-ortho nitro benzene ring substituents is 1. The lowest BCUT2D eigenvalue weighted by atomic mass is 10.1. The molecule has 2 N–H and O–H groups in total. The lowest BCUT2D eigenvalue weighted by Gasteiger charge is -2.09. The largest absolute Gasteiger partial charge is 0.478 e. The van der Waals surface area contributed by atoms with Crippen molar-refractivity contribution in [3.8, 4) is 0 Å². The quantitative estimate of drug-likeness (QED) is 0.476. The number of carboxylic acid groups (broad SMARTS) is 1. The highest BCUT2D eigenvalue weighted by Crippen LogP contribution is 2.22. The summed E-state index contributed by atoms with van der Waals surface area (Å²) in [5.74, 6) is -1.71. The summed E-state index contributed by atoms with van der Waals surface area (Å²) in [6.45, 7) is 1.55. The highest BCUT2D eigenvalue weighted by molar-refractivity contribution is 6.31. The molecule has 0 aliphatic heterocycles. The van der Waals surface area contributed by atoms with Crippen LogP contribution in [0, 0.1) is 10.1 Å². The van der Waals surface area contributed by atoms with Gasteiger partial charge in [0.2, 0.25) is 0 Å². The number of hydrogen-bond acceptors (Lipinski definition) is 4. The number of carboxylic acids is 1. The third-order valence-corrected chi connectivity index (χ3v) is 3.54. The van der Waals surface area contributed by atoms with E-state index in [-0.39, 0.29) is 22.0 Å². The topological polar surface area (TPSA) is 110 Å². The van der Waals surface area contributed by atoms with Crippen molar-refractivity contribution in [3.63, 3.8) is 0 Å². The summed E-state index contributed by atoms with van der Waals surface area (Å²) in [6.07, 6.45) is 1.54. The van der Waals surface area contributed by atoms with Crippen LogP contribution in [0.2, 0.25) is 5.02 Å². The molecule has 2 rings (SSSR count). The highest BCUT2D eigenvalue weighted by Gasteiger charge is 2.14. The van der Waals surface area contributed by atoms with Gasteiger partial charge in [0.05, 0.1) is 16.2 Å². The van der Waals surface area contributed by atoms with E-state index in [0.717, 1.165) is 0 Å². The number of anilines is 1. The predicted molar refractivity (Wildman–Crippen MR) is 93.8 cm³/mol. The maximum atomic E-state index is 12.2. The van der Waals surface area contributed by atoms with Gasteiger partial charge in [-0.1, -0.05) is 11.6 Å². The van der Waals surface area contributed by atoms with Crippen LogP contribution in [0.15, 0.2) is 48.0 Å². The molecule has 0 fully saturated rings. The van der Waals surface area contributed by atoms with Gasteiger partial charge in [-0.25, -0.2) is 4.79 Å². The standard InChI is InChI=1S/C17H13ClN2O5/c1-10(8-11-2-5-13(6-3-11)20(24)25)16(21)19-15-7-4-12(18)9-14(15)17(22)23/h2-9H,1H3,(H,19,21)(H,22,23)/b10-8+. The van der Waals surface area contributed by atoms with Gasteiger partial charge in [-0.05, 0) is 48.9 Å². The van der Waals surface area contributed by atoms with Crippen LogP contribution in [0.4, 0.5) is 11.4 Å². The average molecular weight is 361 g/mol. The van der Waals surface area contributed by atoms with Crippen molar-refractivity contribution in [3.05, 3.63) is 74.3 Å². The number of aromatic carboxylic acids is 1. The molecular formula is C17H13ClN2O5. The lowest BCUT2D eigenvalue weighted by molar-refractivity contribution is -0.384. The molecule has 0 saturated heterocycles. The van der Waals surface area contributed by atoms with E-state index in [0.29, 0.717) is 11.1 Å². The molecule has 0 spiro atoms. The number of nitrogens with zero attached hydrogens (tertiary/aromatic N) is 1. The number of nitro benzene ring substituents is 1. The van der Waals surface area contributed by atoms with Crippen LogP contribution in [0.1, 0.15) is 22.8 Å². The second-order valence-electron chi connectivity index (χ2n) is 5.13. The lowest BCUT2D eigenvalue weighted by Crippen LogP contribution is -2.15. The van der Waals surface area contributed by atoms with Crippen molar-refractivity contribution in [2.75, 3.05) is 5.32 Å². The summed E-state index contributed by atoms with van der Waals surface area (Å²) < 4.78 is 0. The zero-order chi connectivity index (χ0) is 18.6. The van der Waals surface area contributed by atoms with Gasteiger partial charge in [0.15, 0.2) is 0 Å². The Bertz CT molecular complexity index is 875. The molecule has 25 heavy (non-hydrogen) atoms. The zero-order valence-corrected chi connectivity index (χ0v) is 13.8. The Morgan fingerprint density at radius 2 is 1.84 bits per heavy atom. The van der Waals surface area contributed by atoms with Crippen LogP contribution in [0.5, 0.6) is 0 Å². The fourth-order valence-electron chi connectivity index (χ4n) is 2.03. The molecule has 2 aromatic rings. The van der Waals surface area contributed by atoms with Gasteiger partial charge in [-0.2, -0.15) is 0 Å². The van der Waals surface area contributed by atoms with E-state index in [4.69, 9.17) is 16.7 Å². The van der Waals surface area contributed by atoms with Crippen LogP contribution in [0.3, 0.4) is 0 Å². The average Bonchev–Trinajstić information content (AvgIpc) is 2.56. The fourth-order valence-corrected chi connectivity index (χ4v) is 2.20. The molecule has 0 heterocycles. The fraction of sp³-hybridized carbons (Fsp3) is 0.0588. The number of carbonyl (C=O) groups excluding carboxylic acids is 1. The summed E-state index contributed by atoms with van der Waals surface area (Å²) in [7, 11) is 0. The van der Waals surface area contributed by atoms with Crippen molar-refractivity contribution in [2.45, 2.75) is 6.92 Å². The first-order valence-electron chi connectivity index (χ1n) is 7.05. The van der Waals surface area contributed by atoms with Gasteiger partial charge in [0, 0.05) is 22.7 Å². The Labute approximate surface area is 147 Å². The van der Waals surface area contributed by atoms with Gasteiger partial charge in [-0.3, -0.25) is 14.9 Å².